The fraction of sp³-hybridized carbons (Fsp3) is 0.600. The van der Waals surface area contributed by atoms with E-state index in [-0.39, 0.29) is 0 Å². The van der Waals surface area contributed by atoms with E-state index < -0.39 is 0 Å². The van der Waals surface area contributed by atoms with Crippen LogP contribution in [-0.2, 0) is 0 Å². The topological polar surface area (TPSA) is 39.9 Å². The van der Waals surface area contributed by atoms with Gasteiger partial charge in [-0.1, -0.05) is 13.8 Å². The van der Waals surface area contributed by atoms with Gasteiger partial charge in [0.05, 0.1) is 5.56 Å². The fourth-order valence-corrected chi connectivity index (χ4v) is 2.89. The highest BCUT2D eigenvalue weighted by Gasteiger charge is 2.31. The van der Waals surface area contributed by atoms with Crippen molar-refractivity contribution in [1.82, 2.24) is 4.98 Å². The average Bonchev–Trinajstić information content (AvgIpc) is 2.33. The molecule has 3 atom stereocenters. The van der Waals surface area contributed by atoms with Crippen LogP contribution in [-0.4, -0.2) is 17.6 Å². The predicted molar refractivity (Wildman–Crippen MR) is 73.4 cm³/mol. The summed E-state index contributed by atoms with van der Waals surface area (Å²) >= 11 is 0. The number of hydrogen-bond acceptors (Lipinski definition) is 3. The van der Waals surface area contributed by atoms with Crippen LogP contribution in [0.15, 0.2) is 12.3 Å². The summed E-state index contributed by atoms with van der Waals surface area (Å²) in [6, 6.07) is 4.66. The van der Waals surface area contributed by atoms with Gasteiger partial charge in [0.1, 0.15) is 11.9 Å². The first-order valence-corrected chi connectivity index (χ1v) is 6.67. The monoisotopic (exact) mass is 243 g/mol. The highest BCUT2D eigenvalue weighted by molar-refractivity contribution is 5.58. The van der Waals surface area contributed by atoms with Crippen LogP contribution in [0.1, 0.15) is 38.3 Å². The molecule has 1 aromatic heterocycles. The van der Waals surface area contributed by atoms with Crippen LogP contribution in [0.25, 0.3) is 0 Å². The van der Waals surface area contributed by atoms with Crippen LogP contribution >= 0.6 is 0 Å². The van der Waals surface area contributed by atoms with E-state index >= 15 is 0 Å². The molecule has 1 aliphatic heterocycles. The van der Waals surface area contributed by atoms with Crippen molar-refractivity contribution in [3.8, 4) is 6.07 Å². The molecule has 2 rings (SSSR count). The number of nitrogens with zero attached hydrogens (tertiary/aromatic N) is 3. The zero-order valence-electron chi connectivity index (χ0n) is 11.6. The summed E-state index contributed by atoms with van der Waals surface area (Å²) in [6.07, 6.45) is 3.06. The highest BCUT2D eigenvalue weighted by atomic mass is 15.2. The highest BCUT2D eigenvalue weighted by Crippen LogP contribution is 2.32. The lowest BCUT2D eigenvalue weighted by atomic mass is 9.85. The van der Waals surface area contributed by atoms with Crippen molar-refractivity contribution in [3.63, 3.8) is 0 Å². The minimum atomic E-state index is 0.447. The summed E-state index contributed by atoms with van der Waals surface area (Å²) in [7, 11) is 0. The summed E-state index contributed by atoms with van der Waals surface area (Å²) in [6.45, 7) is 9.77. The van der Waals surface area contributed by atoms with Gasteiger partial charge in [0.2, 0.25) is 0 Å². The van der Waals surface area contributed by atoms with E-state index in [4.69, 9.17) is 0 Å². The van der Waals surface area contributed by atoms with Gasteiger partial charge in [0.25, 0.3) is 0 Å². The summed E-state index contributed by atoms with van der Waals surface area (Å²) in [5, 5.41) is 9.33. The van der Waals surface area contributed by atoms with E-state index in [9.17, 15) is 5.26 Å². The van der Waals surface area contributed by atoms with Crippen molar-refractivity contribution in [3.05, 3.63) is 23.4 Å². The molecule has 18 heavy (non-hydrogen) atoms. The van der Waals surface area contributed by atoms with Gasteiger partial charge in [0, 0.05) is 18.8 Å². The molecule has 2 heterocycles. The van der Waals surface area contributed by atoms with Gasteiger partial charge in [-0.05, 0) is 43.7 Å². The third-order valence-corrected chi connectivity index (χ3v) is 4.12. The summed E-state index contributed by atoms with van der Waals surface area (Å²) in [5.41, 5.74) is 1.74. The van der Waals surface area contributed by atoms with Gasteiger partial charge in [0.15, 0.2) is 0 Å². The molecule has 0 aromatic carbocycles. The number of aromatic nitrogens is 1. The molecule has 0 saturated carbocycles. The van der Waals surface area contributed by atoms with E-state index in [0.29, 0.717) is 17.9 Å². The fourth-order valence-electron chi connectivity index (χ4n) is 2.89. The zero-order valence-corrected chi connectivity index (χ0v) is 11.6. The van der Waals surface area contributed by atoms with Gasteiger partial charge in [-0.3, -0.25) is 0 Å². The number of aryl methyl sites for hydroxylation is 1. The average molecular weight is 243 g/mol. The molecular formula is C15H21N3. The van der Waals surface area contributed by atoms with Crippen molar-refractivity contribution in [2.75, 3.05) is 11.4 Å². The van der Waals surface area contributed by atoms with Crippen LogP contribution in [0, 0.1) is 30.1 Å². The Balaban J connectivity index is 2.42. The zero-order chi connectivity index (χ0) is 13.3. The predicted octanol–water partition coefficient (Wildman–Crippen LogP) is 3.13. The molecule has 3 heteroatoms. The SMILES string of the molecule is Cc1ccnc(N2CC(C)CC(C)C2C)c1C#N. The van der Waals surface area contributed by atoms with Crippen LogP contribution in [0.3, 0.4) is 0 Å². The van der Waals surface area contributed by atoms with Crippen molar-refractivity contribution in [1.29, 1.82) is 5.26 Å². The van der Waals surface area contributed by atoms with Crippen LogP contribution < -0.4 is 4.90 Å². The van der Waals surface area contributed by atoms with Crippen molar-refractivity contribution in [2.45, 2.75) is 40.2 Å². The molecule has 0 aliphatic carbocycles. The Morgan fingerprint density at radius 2 is 2.11 bits per heavy atom. The maximum absolute atomic E-state index is 9.33. The quantitative estimate of drug-likeness (QED) is 0.760. The first-order valence-electron chi connectivity index (χ1n) is 6.67. The van der Waals surface area contributed by atoms with E-state index in [1.165, 1.54) is 6.42 Å². The molecule has 1 aromatic rings. The molecule has 3 nitrogen and oxygen atoms in total. The number of hydrogen-bond donors (Lipinski definition) is 0. The van der Waals surface area contributed by atoms with E-state index in [2.05, 4.69) is 36.7 Å². The molecule has 0 radical (unpaired) electrons. The molecule has 1 fully saturated rings. The number of nitriles is 1. The largest absolute Gasteiger partial charge is 0.352 e. The van der Waals surface area contributed by atoms with E-state index in [1.54, 1.807) is 0 Å². The summed E-state index contributed by atoms with van der Waals surface area (Å²) < 4.78 is 0. The lowest BCUT2D eigenvalue weighted by molar-refractivity contribution is 0.295. The molecule has 0 bridgehead atoms. The lowest BCUT2D eigenvalue weighted by Gasteiger charge is -2.42. The van der Waals surface area contributed by atoms with Gasteiger partial charge in [-0.15, -0.1) is 0 Å². The van der Waals surface area contributed by atoms with Crippen LogP contribution in [0.2, 0.25) is 0 Å². The second-order valence-corrected chi connectivity index (χ2v) is 5.65. The molecule has 1 aliphatic rings. The van der Waals surface area contributed by atoms with Crippen LogP contribution in [0.5, 0.6) is 0 Å². The Morgan fingerprint density at radius 1 is 1.39 bits per heavy atom. The standard InChI is InChI=1S/C15H21N3/c1-10-7-12(3)13(4)18(9-10)15-14(8-16)11(2)5-6-17-15/h5-6,10,12-13H,7,9H2,1-4H3. The molecule has 0 spiro atoms. The summed E-state index contributed by atoms with van der Waals surface area (Å²) in [4.78, 5) is 6.77. The molecule has 0 amide bonds. The van der Waals surface area contributed by atoms with Crippen molar-refractivity contribution in [2.24, 2.45) is 11.8 Å². The number of rotatable bonds is 1. The van der Waals surface area contributed by atoms with Gasteiger partial charge < -0.3 is 4.90 Å². The minimum Gasteiger partial charge on any atom is -0.352 e. The molecular weight excluding hydrogens is 222 g/mol. The van der Waals surface area contributed by atoms with Gasteiger partial charge >= 0.3 is 0 Å². The maximum Gasteiger partial charge on any atom is 0.147 e. The Morgan fingerprint density at radius 3 is 2.78 bits per heavy atom. The van der Waals surface area contributed by atoms with Crippen molar-refractivity contribution < 1.29 is 0 Å². The number of pyridine rings is 1. The lowest BCUT2D eigenvalue weighted by Crippen LogP contribution is -2.46. The molecule has 1 saturated heterocycles. The first-order chi connectivity index (χ1) is 8.54. The third kappa shape index (κ3) is 2.20. The Bertz CT molecular complexity index is 475. The Hall–Kier alpha value is -1.56. The molecule has 0 N–H and O–H groups in total. The van der Waals surface area contributed by atoms with Gasteiger partial charge in [-0.2, -0.15) is 5.26 Å². The van der Waals surface area contributed by atoms with E-state index in [1.807, 2.05) is 19.2 Å². The molecule has 96 valence electrons. The third-order valence-electron chi connectivity index (χ3n) is 4.12. The normalized spacial score (nSPS) is 27.9. The summed E-state index contributed by atoms with van der Waals surface area (Å²) in [5.74, 6) is 2.16. The second-order valence-electron chi connectivity index (χ2n) is 5.65. The molecule has 3 unspecified atom stereocenters. The number of piperidine rings is 1. The van der Waals surface area contributed by atoms with Crippen LogP contribution in [0.4, 0.5) is 5.82 Å². The maximum atomic E-state index is 9.33. The van der Waals surface area contributed by atoms with E-state index in [0.717, 1.165) is 23.5 Å². The van der Waals surface area contributed by atoms with Gasteiger partial charge in [-0.25, -0.2) is 4.98 Å². The second kappa shape index (κ2) is 4.97. The van der Waals surface area contributed by atoms with Crippen molar-refractivity contribution >= 4 is 5.82 Å². The Labute approximate surface area is 109 Å². The minimum absolute atomic E-state index is 0.447. The smallest absolute Gasteiger partial charge is 0.147 e. The first kappa shape index (κ1) is 12.9. The Kier molecular flexibility index (Phi) is 3.56. The number of anilines is 1.